The van der Waals surface area contributed by atoms with Gasteiger partial charge in [0.2, 0.25) is 0 Å². The van der Waals surface area contributed by atoms with E-state index in [1.165, 1.54) is 0 Å². The molecule has 0 bridgehead atoms. The number of nitrogens with one attached hydrogen (secondary N) is 1. The van der Waals surface area contributed by atoms with Crippen LogP contribution in [0.25, 0.3) is 0 Å². The van der Waals surface area contributed by atoms with Crippen molar-refractivity contribution >= 4 is 0 Å². The molecular weight excluding hydrogens is 155 g/mol. The van der Waals surface area contributed by atoms with Gasteiger partial charge in [-0.05, 0) is 12.8 Å². The van der Waals surface area contributed by atoms with Crippen LogP contribution in [0, 0.1) is 0 Å². The maximum atomic E-state index is 12.0. The van der Waals surface area contributed by atoms with Gasteiger partial charge >= 0.3 is 6.18 Å². The molecule has 1 rings (SSSR count). The minimum absolute atomic E-state index is 0.127. The predicted molar refractivity (Wildman–Crippen MR) is 36.2 cm³/mol. The Morgan fingerprint density at radius 2 is 2.09 bits per heavy atom. The zero-order valence-electron chi connectivity index (χ0n) is 6.04. The van der Waals surface area contributed by atoms with E-state index in [4.69, 9.17) is 0 Å². The van der Waals surface area contributed by atoms with E-state index in [0.29, 0.717) is 13.0 Å². The monoisotopic (exact) mass is 165 g/mol. The van der Waals surface area contributed by atoms with Crippen LogP contribution in [-0.2, 0) is 0 Å². The highest BCUT2D eigenvalue weighted by Crippen LogP contribution is 2.26. The van der Waals surface area contributed by atoms with Gasteiger partial charge in [-0.1, -0.05) is 12.2 Å². The molecule has 0 spiro atoms. The van der Waals surface area contributed by atoms with Crippen molar-refractivity contribution in [3.63, 3.8) is 0 Å². The van der Waals surface area contributed by atoms with Gasteiger partial charge in [-0.25, -0.2) is 0 Å². The summed E-state index contributed by atoms with van der Waals surface area (Å²) in [6.45, 7) is 3.90. The van der Waals surface area contributed by atoms with Gasteiger partial charge in [0.25, 0.3) is 0 Å². The first-order valence-electron chi connectivity index (χ1n) is 3.47. The van der Waals surface area contributed by atoms with Crippen molar-refractivity contribution < 1.29 is 13.2 Å². The van der Waals surface area contributed by atoms with E-state index in [-0.39, 0.29) is 6.42 Å². The molecule has 0 aliphatic carbocycles. The second kappa shape index (κ2) is 2.85. The molecule has 1 unspecified atom stereocenters. The first kappa shape index (κ1) is 8.59. The van der Waals surface area contributed by atoms with E-state index in [1.54, 1.807) is 0 Å². The van der Waals surface area contributed by atoms with Crippen molar-refractivity contribution in [2.45, 2.75) is 25.1 Å². The molecule has 1 heterocycles. The summed E-state index contributed by atoms with van der Waals surface area (Å²) >= 11 is 0. The Morgan fingerprint density at radius 3 is 2.45 bits per heavy atom. The molecule has 1 aliphatic heterocycles. The Bertz CT molecular complexity index is 152. The first-order valence-corrected chi connectivity index (χ1v) is 3.47. The summed E-state index contributed by atoms with van der Waals surface area (Å²) in [5.41, 5.74) is 0.852. The minimum atomic E-state index is -4.10. The van der Waals surface area contributed by atoms with Gasteiger partial charge in [-0.3, -0.25) is 0 Å². The average Bonchev–Trinajstić information content (AvgIpc) is 1.86. The van der Waals surface area contributed by atoms with Crippen molar-refractivity contribution in [2.24, 2.45) is 0 Å². The number of piperidine rings is 1. The fourth-order valence-corrected chi connectivity index (χ4v) is 1.09. The third kappa shape index (κ3) is 2.22. The first-order chi connectivity index (χ1) is 5.00. The topological polar surface area (TPSA) is 12.0 Å². The van der Waals surface area contributed by atoms with Crippen LogP contribution in [0.1, 0.15) is 12.8 Å². The summed E-state index contributed by atoms with van der Waals surface area (Å²) in [4.78, 5) is 0. The lowest BCUT2D eigenvalue weighted by Crippen LogP contribution is -2.45. The van der Waals surface area contributed by atoms with Gasteiger partial charge in [-0.2, -0.15) is 13.2 Å². The SMILES string of the molecule is C=C1CCC(C(F)(F)F)NC1. The highest BCUT2D eigenvalue weighted by Gasteiger charge is 2.40. The smallest absolute Gasteiger partial charge is 0.302 e. The summed E-state index contributed by atoms with van der Waals surface area (Å²) in [7, 11) is 0. The second-order valence-corrected chi connectivity index (χ2v) is 2.76. The predicted octanol–water partition coefficient (Wildman–Crippen LogP) is 1.86. The fraction of sp³-hybridized carbons (Fsp3) is 0.714. The molecule has 0 aromatic heterocycles. The lowest BCUT2D eigenvalue weighted by molar-refractivity contribution is -0.158. The van der Waals surface area contributed by atoms with Gasteiger partial charge < -0.3 is 5.32 Å². The van der Waals surface area contributed by atoms with Crippen LogP contribution < -0.4 is 5.32 Å². The van der Waals surface area contributed by atoms with E-state index in [0.717, 1.165) is 5.57 Å². The van der Waals surface area contributed by atoms with Crippen molar-refractivity contribution in [2.75, 3.05) is 6.54 Å². The van der Waals surface area contributed by atoms with Gasteiger partial charge in [-0.15, -0.1) is 0 Å². The van der Waals surface area contributed by atoms with E-state index in [2.05, 4.69) is 11.9 Å². The molecule has 1 nitrogen and oxygen atoms in total. The third-order valence-corrected chi connectivity index (χ3v) is 1.78. The molecule has 1 saturated heterocycles. The second-order valence-electron chi connectivity index (χ2n) is 2.76. The zero-order valence-corrected chi connectivity index (χ0v) is 6.04. The molecule has 11 heavy (non-hydrogen) atoms. The average molecular weight is 165 g/mol. The Hall–Kier alpha value is -0.510. The van der Waals surface area contributed by atoms with Gasteiger partial charge in [0.15, 0.2) is 0 Å². The number of hydrogen-bond acceptors (Lipinski definition) is 1. The molecule has 0 aromatic rings. The van der Waals surface area contributed by atoms with Crippen LogP contribution in [0.2, 0.25) is 0 Å². The van der Waals surface area contributed by atoms with Gasteiger partial charge in [0.1, 0.15) is 6.04 Å². The van der Waals surface area contributed by atoms with Crippen LogP contribution >= 0.6 is 0 Å². The molecule has 1 fully saturated rings. The highest BCUT2D eigenvalue weighted by molar-refractivity contribution is 5.03. The molecule has 1 N–H and O–H groups in total. The Morgan fingerprint density at radius 1 is 1.45 bits per heavy atom. The van der Waals surface area contributed by atoms with Gasteiger partial charge in [0.05, 0.1) is 0 Å². The number of rotatable bonds is 0. The normalized spacial score (nSPS) is 27.2. The summed E-state index contributed by atoms with van der Waals surface area (Å²) in [6.07, 6.45) is -3.49. The quantitative estimate of drug-likeness (QED) is 0.540. The zero-order chi connectivity index (χ0) is 8.48. The van der Waals surface area contributed by atoms with Crippen LogP contribution in [0.15, 0.2) is 12.2 Å². The van der Waals surface area contributed by atoms with Crippen molar-refractivity contribution in [1.29, 1.82) is 0 Å². The highest BCUT2D eigenvalue weighted by atomic mass is 19.4. The molecule has 1 aliphatic rings. The van der Waals surface area contributed by atoms with Crippen molar-refractivity contribution in [3.05, 3.63) is 12.2 Å². The molecule has 0 amide bonds. The third-order valence-electron chi connectivity index (χ3n) is 1.78. The van der Waals surface area contributed by atoms with Crippen LogP contribution in [0.5, 0.6) is 0 Å². The lowest BCUT2D eigenvalue weighted by Gasteiger charge is -2.26. The Balaban J connectivity index is 2.45. The molecule has 0 aromatic carbocycles. The minimum Gasteiger partial charge on any atom is -0.302 e. The number of hydrogen-bond donors (Lipinski definition) is 1. The molecular formula is C7H10F3N. The van der Waals surface area contributed by atoms with Crippen molar-refractivity contribution in [1.82, 2.24) is 5.32 Å². The molecule has 64 valence electrons. The summed E-state index contributed by atoms with van der Waals surface area (Å²) in [5.74, 6) is 0. The standard InChI is InChI=1S/C7H10F3N/c1-5-2-3-6(11-4-5)7(8,9)10/h6,11H,1-4H2. The Labute approximate surface area is 63.3 Å². The van der Waals surface area contributed by atoms with E-state index >= 15 is 0 Å². The Kier molecular flexibility index (Phi) is 2.23. The van der Waals surface area contributed by atoms with E-state index in [9.17, 15) is 13.2 Å². The summed E-state index contributed by atoms with van der Waals surface area (Å²) in [5, 5.41) is 2.38. The van der Waals surface area contributed by atoms with Gasteiger partial charge in [0, 0.05) is 6.54 Å². The number of alkyl halides is 3. The maximum Gasteiger partial charge on any atom is 0.403 e. The van der Waals surface area contributed by atoms with Crippen molar-refractivity contribution in [3.8, 4) is 0 Å². The van der Waals surface area contributed by atoms with E-state index in [1.807, 2.05) is 0 Å². The van der Waals surface area contributed by atoms with Crippen LogP contribution in [-0.4, -0.2) is 18.8 Å². The fourth-order valence-electron chi connectivity index (χ4n) is 1.09. The molecule has 1 atom stereocenters. The summed E-state index contributed by atoms with van der Waals surface area (Å²) in [6, 6.07) is -1.33. The number of halogens is 3. The lowest BCUT2D eigenvalue weighted by atomic mass is 10.0. The summed E-state index contributed by atoms with van der Waals surface area (Å²) < 4.78 is 35.9. The molecule has 0 radical (unpaired) electrons. The van der Waals surface area contributed by atoms with Crippen LogP contribution in [0.3, 0.4) is 0 Å². The van der Waals surface area contributed by atoms with E-state index < -0.39 is 12.2 Å². The maximum absolute atomic E-state index is 12.0. The van der Waals surface area contributed by atoms with Crippen LogP contribution in [0.4, 0.5) is 13.2 Å². The molecule has 4 heteroatoms. The largest absolute Gasteiger partial charge is 0.403 e. The molecule has 0 saturated carbocycles.